The minimum atomic E-state index is 0.0968. The van der Waals surface area contributed by atoms with Crippen LogP contribution in [0.3, 0.4) is 0 Å². The molecule has 90 valence electrons. The van der Waals surface area contributed by atoms with Crippen LogP contribution in [0.25, 0.3) is 0 Å². The van der Waals surface area contributed by atoms with Crippen molar-refractivity contribution in [3.8, 4) is 0 Å². The molecule has 17 heavy (non-hydrogen) atoms. The fraction of sp³-hybridized carbons (Fsp3) is 0.538. The Labute approximate surface area is 101 Å². The molecule has 3 saturated heterocycles. The van der Waals surface area contributed by atoms with Crippen LogP contribution >= 0.6 is 0 Å². The van der Waals surface area contributed by atoms with Crippen LogP contribution in [0, 0.1) is 0 Å². The van der Waals surface area contributed by atoms with E-state index in [4.69, 9.17) is 0 Å². The molecule has 4 nitrogen and oxygen atoms in total. The number of aromatic nitrogens is 1. The third-order valence-electron chi connectivity index (χ3n) is 3.73. The van der Waals surface area contributed by atoms with Gasteiger partial charge in [0, 0.05) is 44.6 Å². The minimum Gasteiger partial charge on any atom is -0.299 e. The quantitative estimate of drug-likeness (QED) is 0.744. The largest absolute Gasteiger partial charge is 0.299 e. The van der Waals surface area contributed by atoms with Crippen molar-refractivity contribution in [1.29, 1.82) is 0 Å². The van der Waals surface area contributed by atoms with Crippen LogP contribution in [-0.2, 0) is 11.2 Å². The SMILES string of the molecule is O=C(Cc1ccccn1)C1CN2CCN1CC2. The van der Waals surface area contributed by atoms with Crippen molar-refractivity contribution in [2.45, 2.75) is 12.5 Å². The second-order valence-electron chi connectivity index (χ2n) is 4.82. The number of fused-ring (bicyclic) bond motifs is 3. The summed E-state index contributed by atoms with van der Waals surface area (Å²) in [5.74, 6) is 0.313. The molecule has 4 heteroatoms. The number of Topliss-reactive ketones (excluding diaryl/α,β-unsaturated/α-hetero) is 1. The van der Waals surface area contributed by atoms with Gasteiger partial charge < -0.3 is 0 Å². The lowest BCUT2D eigenvalue weighted by Crippen LogP contribution is -2.63. The first-order valence-electron chi connectivity index (χ1n) is 6.22. The van der Waals surface area contributed by atoms with Crippen molar-refractivity contribution in [2.75, 3.05) is 32.7 Å². The molecule has 0 amide bonds. The van der Waals surface area contributed by atoms with Crippen molar-refractivity contribution in [3.63, 3.8) is 0 Å². The van der Waals surface area contributed by atoms with Gasteiger partial charge >= 0.3 is 0 Å². The van der Waals surface area contributed by atoms with Gasteiger partial charge in [-0.25, -0.2) is 0 Å². The molecular weight excluding hydrogens is 214 g/mol. The van der Waals surface area contributed by atoms with Crippen LogP contribution in [0.5, 0.6) is 0 Å². The maximum absolute atomic E-state index is 12.2. The second kappa shape index (κ2) is 4.55. The van der Waals surface area contributed by atoms with Gasteiger partial charge in [0.05, 0.1) is 12.5 Å². The van der Waals surface area contributed by atoms with Crippen molar-refractivity contribution < 1.29 is 4.79 Å². The topological polar surface area (TPSA) is 36.4 Å². The summed E-state index contributed by atoms with van der Waals surface area (Å²) in [4.78, 5) is 21.2. The average Bonchev–Trinajstić information content (AvgIpc) is 2.41. The zero-order valence-corrected chi connectivity index (χ0v) is 9.88. The maximum atomic E-state index is 12.2. The molecule has 4 heterocycles. The van der Waals surface area contributed by atoms with E-state index >= 15 is 0 Å². The Hall–Kier alpha value is -1.26. The third kappa shape index (κ3) is 2.23. The van der Waals surface area contributed by atoms with E-state index in [-0.39, 0.29) is 6.04 Å². The molecule has 2 bridgehead atoms. The maximum Gasteiger partial charge on any atom is 0.157 e. The highest BCUT2D eigenvalue weighted by molar-refractivity contribution is 5.86. The minimum absolute atomic E-state index is 0.0968. The fourth-order valence-corrected chi connectivity index (χ4v) is 2.72. The van der Waals surface area contributed by atoms with Gasteiger partial charge in [-0.05, 0) is 12.1 Å². The number of ketones is 1. The number of hydrogen-bond acceptors (Lipinski definition) is 4. The Kier molecular flexibility index (Phi) is 2.91. The van der Waals surface area contributed by atoms with Crippen molar-refractivity contribution >= 4 is 5.78 Å². The number of carbonyl (C=O) groups excluding carboxylic acids is 1. The smallest absolute Gasteiger partial charge is 0.157 e. The van der Waals surface area contributed by atoms with Gasteiger partial charge in [0.15, 0.2) is 5.78 Å². The zero-order chi connectivity index (χ0) is 11.7. The molecule has 1 atom stereocenters. The molecule has 1 unspecified atom stereocenters. The first-order chi connectivity index (χ1) is 8.33. The number of rotatable bonds is 3. The molecule has 3 fully saturated rings. The van der Waals surface area contributed by atoms with Crippen LogP contribution in [0.4, 0.5) is 0 Å². The molecule has 0 N–H and O–H groups in total. The molecule has 1 aromatic heterocycles. The molecule has 1 aromatic rings. The summed E-state index contributed by atoms with van der Waals surface area (Å²) in [5, 5.41) is 0. The van der Waals surface area contributed by atoms with Gasteiger partial charge in [0.1, 0.15) is 0 Å². The first kappa shape index (κ1) is 10.9. The first-order valence-corrected chi connectivity index (χ1v) is 6.22. The lowest BCUT2D eigenvalue weighted by Gasteiger charge is -2.46. The Morgan fingerprint density at radius 3 is 2.71 bits per heavy atom. The van der Waals surface area contributed by atoms with Gasteiger partial charge in [-0.2, -0.15) is 0 Å². The van der Waals surface area contributed by atoms with E-state index in [9.17, 15) is 4.79 Å². The molecule has 0 saturated carbocycles. The van der Waals surface area contributed by atoms with E-state index in [0.29, 0.717) is 12.2 Å². The van der Waals surface area contributed by atoms with Crippen LogP contribution in [0.15, 0.2) is 24.4 Å². The van der Waals surface area contributed by atoms with E-state index in [0.717, 1.165) is 38.4 Å². The van der Waals surface area contributed by atoms with Gasteiger partial charge in [-0.1, -0.05) is 6.07 Å². The number of hydrogen-bond donors (Lipinski definition) is 0. The van der Waals surface area contributed by atoms with Gasteiger partial charge in [-0.15, -0.1) is 0 Å². The van der Waals surface area contributed by atoms with E-state index in [2.05, 4.69) is 14.8 Å². The van der Waals surface area contributed by atoms with Crippen molar-refractivity contribution in [2.24, 2.45) is 0 Å². The predicted octanol–water partition coefficient (Wildman–Crippen LogP) is 0.193. The number of carbonyl (C=O) groups is 1. The standard InChI is InChI=1S/C13H17N3O/c17-13(9-11-3-1-2-4-14-11)12-10-15-5-7-16(12)8-6-15/h1-4,12H,5-10H2. The van der Waals surface area contributed by atoms with Gasteiger partial charge in [0.2, 0.25) is 0 Å². The Morgan fingerprint density at radius 2 is 2.12 bits per heavy atom. The van der Waals surface area contributed by atoms with Gasteiger partial charge in [0.25, 0.3) is 0 Å². The lowest BCUT2D eigenvalue weighted by atomic mass is 10.0. The zero-order valence-electron chi connectivity index (χ0n) is 9.88. The molecular formula is C13H17N3O. The second-order valence-corrected chi connectivity index (χ2v) is 4.82. The summed E-state index contributed by atoms with van der Waals surface area (Å²) in [5.41, 5.74) is 0.884. The molecule has 0 aliphatic carbocycles. The summed E-state index contributed by atoms with van der Waals surface area (Å²) >= 11 is 0. The molecule has 3 aliphatic rings. The van der Waals surface area contributed by atoms with Crippen molar-refractivity contribution in [3.05, 3.63) is 30.1 Å². The van der Waals surface area contributed by atoms with E-state index in [1.165, 1.54) is 0 Å². The highest BCUT2D eigenvalue weighted by Crippen LogP contribution is 2.17. The monoisotopic (exact) mass is 231 g/mol. The fourth-order valence-electron chi connectivity index (χ4n) is 2.72. The summed E-state index contributed by atoms with van der Waals surface area (Å²) in [6.07, 6.45) is 2.22. The summed E-state index contributed by atoms with van der Waals surface area (Å²) in [6, 6.07) is 5.84. The van der Waals surface area contributed by atoms with Crippen LogP contribution in [-0.4, -0.2) is 59.3 Å². The summed E-state index contributed by atoms with van der Waals surface area (Å²) in [7, 11) is 0. The molecule has 0 spiro atoms. The van der Waals surface area contributed by atoms with Crippen LogP contribution in [0.1, 0.15) is 5.69 Å². The molecule has 0 radical (unpaired) electrons. The Morgan fingerprint density at radius 1 is 1.29 bits per heavy atom. The average molecular weight is 231 g/mol. The van der Waals surface area contributed by atoms with Crippen LogP contribution in [0.2, 0.25) is 0 Å². The molecule has 4 rings (SSSR count). The third-order valence-corrected chi connectivity index (χ3v) is 3.73. The lowest BCUT2D eigenvalue weighted by molar-refractivity contribution is -0.128. The number of piperazine rings is 3. The van der Waals surface area contributed by atoms with Gasteiger partial charge in [-0.3, -0.25) is 19.6 Å². The van der Waals surface area contributed by atoms with Crippen LogP contribution < -0.4 is 0 Å². The molecule has 3 aliphatic heterocycles. The van der Waals surface area contributed by atoms with E-state index in [1.54, 1.807) is 6.20 Å². The number of pyridine rings is 1. The van der Waals surface area contributed by atoms with Crippen molar-refractivity contribution in [1.82, 2.24) is 14.8 Å². The van der Waals surface area contributed by atoms with E-state index in [1.807, 2.05) is 18.2 Å². The Balaban J connectivity index is 1.67. The molecule has 0 aromatic carbocycles. The normalized spacial score (nSPS) is 31.4. The highest BCUT2D eigenvalue weighted by Gasteiger charge is 2.35. The summed E-state index contributed by atoms with van der Waals surface area (Å²) < 4.78 is 0. The Bertz CT molecular complexity index is 398. The number of nitrogens with zero attached hydrogens (tertiary/aromatic N) is 3. The highest BCUT2D eigenvalue weighted by atomic mass is 16.1. The van der Waals surface area contributed by atoms with E-state index < -0.39 is 0 Å². The summed E-state index contributed by atoms with van der Waals surface area (Å²) in [6.45, 7) is 5.23. The predicted molar refractivity (Wildman–Crippen MR) is 64.7 cm³/mol.